The third kappa shape index (κ3) is 3.99. The molecule has 19 heavy (non-hydrogen) atoms. The molecule has 0 bridgehead atoms. The summed E-state index contributed by atoms with van der Waals surface area (Å²) >= 11 is 0. The molecule has 1 aliphatic rings. The van der Waals surface area contributed by atoms with Gasteiger partial charge in [-0.05, 0) is 30.7 Å². The summed E-state index contributed by atoms with van der Waals surface area (Å²) in [6.07, 6.45) is 0. The molecule has 0 saturated carbocycles. The Kier molecular flexibility index (Phi) is 4.23. The van der Waals surface area contributed by atoms with Crippen LogP contribution in [0.5, 0.6) is 0 Å². The van der Waals surface area contributed by atoms with Crippen molar-refractivity contribution in [3.8, 4) is 0 Å². The smallest absolute Gasteiger partial charge is 0.216 e. The summed E-state index contributed by atoms with van der Waals surface area (Å²) in [5.41, 5.74) is 0.464. The standard InChI is InChI=1S/C13H19FN2O2S/c1-10-7-16(2)8-13(10)15-19(17,18)9-11-4-3-5-12(14)6-11/h3-6,10,13,15H,7-9H2,1-2H3. The fourth-order valence-electron chi connectivity index (χ4n) is 2.48. The van der Waals surface area contributed by atoms with Gasteiger partial charge in [-0.2, -0.15) is 0 Å². The van der Waals surface area contributed by atoms with Gasteiger partial charge in [0.25, 0.3) is 0 Å². The second-order valence-electron chi connectivity index (χ2n) is 5.31. The van der Waals surface area contributed by atoms with E-state index in [1.54, 1.807) is 6.07 Å². The zero-order chi connectivity index (χ0) is 14.0. The third-order valence-corrected chi connectivity index (χ3v) is 4.75. The fourth-order valence-corrected chi connectivity index (χ4v) is 3.95. The first-order valence-corrected chi connectivity index (χ1v) is 7.94. The molecule has 106 valence electrons. The molecule has 1 fully saturated rings. The number of likely N-dealkylation sites (N-methyl/N-ethyl adjacent to an activating group) is 1. The van der Waals surface area contributed by atoms with Crippen molar-refractivity contribution in [2.75, 3.05) is 20.1 Å². The number of hydrogen-bond acceptors (Lipinski definition) is 3. The third-order valence-electron chi connectivity index (χ3n) is 3.37. The van der Waals surface area contributed by atoms with Crippen LogP contribution in [-0.2, 0) is 15.8 Å². The van der Waals surface area contributed by atoms with E-state index in [1.807, 2.05) is 14.0 Å². The van der Waals surface area contributed by atoms with Gasteiger partial charge in [-0.15, -0.1) is 0 Å². The van der Waals surface area contributed by atoms with E-state index in [-0.39, 0.29) is 17.7 Å². The van der Waals surface area contributed by atoms with Crippen LogP contribution in [0.15, 0.2) is 24.3 Å². The van der Waals surface area contributed by atoms with Gasteiger partial charge in [-0.1, -0.05) is 19.1 Å². The summed E-state index contributed by atoms with van der Waals surface area (Å²) in [5.74, 6) is -0.313. The molecule has 0 radical (unpaired) electrons. The highest BCUT2D eigenvalue weighted by Crippen LogP contribution is 2.16. The molecule has 0 aliphatic carbocycles. The van der Waals surface area contributed by atoms with Crippen LogP contribution >= 0.6 is 0 Å². The summed E-state index contributed by atoms with van der Waals surface area (Å²) < 4.78 is 39.9. The molecule has 0 amide bonds. The fraction of sp³-hybridized carbons (Fsp3) is 0.538. The number of likely N-dealkylation sites (tertiary alicyclic amines) is 1. The van der Waals surface area contributed by atoms with E-state index < -0.39 is 15.8 Å². The summed E-state index contributed by atoms with van der Waals surface area (Å²) in [4.78, 5) is 2.10. The zero-order valence-corrected chi connectivity index (χ0v) is 12.0. The highest BCUT2D eigenvalue weighted by atomic mass is 32.2. The molecule has 1 saturated heterocycles. The molecular formula is C13H19FN2O2S. The van der Waals surface area contributed by atoms with E-state index in [2.05, 4.69) is 9.62 Å². The Morgan fingerprint density at radius 2 is 2.16 bits per heavy atom. The molecule has 0 aromatic heterocycles. The molecule has 2 unspecified atom stereocenters. The van der Waals surface area contributed by atoms with Crippen molar-refractivity contribution in [2.24, 2.45) is 5.92 Å². The Labute approximate surface area is 113 Å². The lowest BCUT2D eigenvalue weighted by Crippen LogP contribution is -2.40. The van der Waals surface area contributed by atoms with Crippen LogP contribution < -0.4 is 4.72 Å². The summed E-state index contributed by atoms with van der Waals surface area (Å²) in [5, 5.41) is 0. The predicted molar refractivity (Wildman–Crippen MR) is 72.6 cm³/mol. The minimum absolute atomic E-state index is 0.0661. The summed E-state index contributed by atoms with van der Waals surface area (Å²) in [6.45, 7) is 3.62. The number of benzene rings is 1. The topological polar surface area (TPSA) is 49.4 Å². The lowest BCUT2D eigenvalue weighted by atomic mass is 10.1. The molecule has 1 N–H and O–H groups in total. The maximum Gasteiger partial charge on any atom is 0.216 e. The largest absolute Gasteiger partial charge is 0.304 e. The van der Waals surface area contributed by atoms with Crippen LogP contribution in [0.25, 0.3) is 0 Å². The average Bonchev–Trinajstić information content (AvgIpc) is 2.55. The van der Waals surface area contributed by atoms with Gasteiger partial charge in [-0.25, -0.2) is 17.5 Å². The number of rotatable bonds is 4. The monoisotopic (exact) mass is 286 g/mol. The van der Waals surface area contributed by atoms with Crippen molar-refractivity contribution in [3.63, 3.8) is 0 Å². The molecule has 0 spiro atoms. The van der Waals surface area contributed by atoms with Crippen LogP contribution in [0.1, 0.15) is 12.5 Å². The van der Waals surface area contributed by atoms with Gasteiger partial charge in [0.05, 0.1) is 5.75 Å². The van der Waals surface area contributed by atoms with E-state index >= 15 is 0 Å². The number of sulfonamides is 1. The first kappa shape index (κ1) is 14.4. The van der Waals surface area contributed by atoms with E-state index in [4.69, 9.17) is 0 Å². The normalized spacial score (nSPS) is 24.8. The van der Waals surface area contributed by atoms with Crippen molar-refractivity contribution >= 4 is 10.0 Å². The van der Waals surface area contributed by atoms with E-state index in [9.17, 15) is 12.8 Å². The SMILES string of the molecule is CC1CN(C)CC1NS(=O)(=O)Cc1cccc(F)c1. The molecule has 1 aromatic carbocycles. The molecule has 1 heterocycles. The highest BCUT2D eigenvalue weighted by Gasteiger charge is 2.30. The number of nitrogens with zero attached hydrogens (tertiary/aromatic N) is 1. The lowest BCUT2D eigenvalue weighted by Gasteiger charge is -2.16. The zero-order valence-electron chi connectivity index (χ0n) is 11.1. The van der Waals surface area contributed by atoms with Gasteiger partial charge >= 0.3 is 0 Å². The first-order valence-electron chi connectivity index (χ1n) is 6.29. The summed E-state index contributed by atoms with van der Waals surface area (Å²) in [7, 11) is -1.46. The molecular weight excluding hydrogens is 267 g/mol. The summed E-state index contributed by atoms with van der Waals surface area (Å²) in [6, 6.07) is 5.63. The Bertz CT molecular complexity index is 547. The van der Waals surface area contributed by atoms with Gasteiger partial charge in [0.2, 0.25) is 10.0 Å². The minimum atomic E-state index is -3.43. The lowest BCUT2D eigenvalue weighted by molar-refractivity contribution is 0.400. The minimum Gasteiger partial charge on any atom is -0.304 e. The second kappa shape index (κ2) is 5.56. The van der Waals surface area contributed by atoms with Crippen LogP contribution in [0, 0.1) is 11.7 Å². The van der Waals surface area contributed by atoms with Crippen LogP contribution in [0.2, 0.25) is 0 Å². The number of nitrogens with one attached hydrogen (secondary N) is 1. The van der Waals surface area contributed by atoms with Gasteiger partial charge in [-0.3, -0.25) is 0 Å². The van der Waals surface area contributed by atoms with Gasteiger partial charge in [0, 0.05) is 19.1 Å². The molecule has 6 heteroatoms. The number of hydrogen-bond donors (Lipinski definition) is 1. The van der Waals surface area contributed by atoms with Crippen LogP contribution in [0.3, 0.4) is 0 Å². The molecule has 4 nitrogen and oxygen atoms in total. The maximum absolute atomic E-state index is 13.0. The van der Waals surface area contributed by atoms with E-state index in [0.717, 1.165) is 6.54 Å². The van der Waals surface area contributed by atoms with Crippen LogP contribution in [0.4, 0.5) is 4.39 Å². The molecule has 2 atom stereocenters. The Balaban J connectivity index is 2.03. The first-order chi connectivity index (χ1) is 8.85. The maximum atomic E-state index is 13.0. The van der Waals surface area contributed by atoms with Crippen molar-refractivity contribution in [2.45, 2.75) is 18.7 Å². The van der Waals surface area contributed by atoms with Gasteiger partial charge in [0.15, 0.2) is 0 Å². The van der Waals surface area contributed by atoms with Crippen LogP contribution in [-0.4, -0.2) is 39.5 Å². The molecule has 1 aromatic rings. The van der Waals surface area contributed by atoms with Crippen molar-refractivity contribution in [1.82, 2.24) is 9.62 Å². The van der Waals surface area contributed by atoms with Crippen molar-refractivity contribution < 1.29 is 12.8 Å². The second-order valence-corrected chi connectivity index (χ2v) is 7.07. The molecule has 2 rings (SSSR count). The number of halogens is 1. The van der Waals surface area contributed by atoms with Gasteiger partial charge in [0.1, 0.15) is 5.82 Å². The van der Waals surface area contributed by atoms with E-state index in [0.29, 0.717) is 12.1 Å². The van der Waals surface area contributed by atoms with E-state index in [1.165, 1.54) is 18.2 Å². The Morgan fingerprint density at radius 1 is 1.42 bits per heavy atom. The Hall–Kier alpha value is -0.980. The molecule has 1 aliphatic heterocycles. The van der Waals surface area contributed by atoms with Crippen molar-refractivity contribution in [3.05, 3.63) is 35.6 Å². The Morgan fingerprint density at radius 3 is 2.74 bits per heavy atom. The van der Waals surface area contributed by atoms with Crippen molar-refractivity contribution in [1.29, 1.82) is 0 Å². The quantitative estimate of drug-likeness (QED) is 0.904. The van der Waals surface area contributed by atoms with Gasteiger partial charge < -0.3 is 4.90 Å². The predicted octanol–water partition coefficient (Wildman–Crippen LogP) is 1.20. The average molecular weight is 286 g/mol. The highest BCUT2D eigenvalue weighted by molar-refractivity contribution is 7.88.